The van der Waals surface area contributed by atoms with Crippen LogP contribution in [-0.2, 0) is 0 Å². The van der Waals surface area contributed by atoms with Gasteiger partial charge in [0.2, 0.25) is 0 Å². The van der Waals surface area contributed by atoms with Crippen LogP contribution in [0.15, 0.2) is 168 Å². The average Bonchev–Trinajstić information content (AvgIpc) is 3.86. The average molecular weight is 674 g/mol. The van der Waals surface area contributed by atoms with Crippen LogP contribution in [0.4, 0.5) is 17.1 Å². The maximum absolute atomic E-state index is 6.68. The summed E-state index contributed by atoms with van der Waals surface area (Å²) < 4.78 is 11.9. The lowest BCUT2D eigenvalue weighted by molar-refractivity contribution is 0.672. The summed E-state index contributed by atoms with van der Waals surface area (Å²) in [6.45, 7) is 0. The minimum Gasteiger partial charge on any atom is -0.455 e. The van der Waals surface area contributed by atoms with Crippen molar-refractivity contribution in [2.24, 2.45) is 0 Å². The zero-order valence-corrected chi connectivity index (χ0v) is 28.4. The number of rotatable bonds is 4. The van der Waals surface area contributed by atoms with E-state index in [2.05, 4.69) is 169 Å². The van der Waals surface area contributed by atoms with Gasteiger partial charge in [-0.05, 0) is 83.2 Å². The van der Waals surface area contributed by atoms with Crippen molar-refractivity contribution in [2.75, 3.05) is 4.90 Å². The molecule has 50 heavy (non-hydrogen) atoms. The number of furan rings is 1. The highest BCUT2D eigenvalue weighted by molar-refractivity contribution is 7.26. The number of nitrogens with zero attached hydrogens (tertiary/aromatic N) is 1. The molecule has 3 aromatic heterocycles. The number of hydrogen-bond acceptors (Lipinski definition) is 4. The fourth-order valence-electron chi connectivity index (χ4n) is 7.73. The largest absolute Gasteiger partial charge is 0.455 e. The van der Waals surface area contributed by atoms with Crippen LogP contribution in [-0.4, -0.2) is 0 Å². The van der Waals surface area contributed by atoms with Gasteiger partial charge in [0.1, 0.15) is 11.2 Å². The van der Waals surface area contributed by atoms with E-state index in [1.165, 1.54) is 56.9 Å². The molecular weight excluding hydrogens is 647 g/mol. The Bertz CT molecular complexity index is 3130. The maximum atomic E-state index is 6.68. The molecule has 0 fully saturated rings. The van der Waals surface area contributed by atoms with Gasteiger partial charge in [0.25, 0.3) is 0 Å². The van der Waals surface area contributed by atoms with Gasteiger partial charge in [-0.25, -0.2) is 0 Å². The monoisotopic (exact) mass is 673 g/mol. The predicted octanol–water partition coefficient (Wildman–Crippen LogP) is 14.6. The summed E-state index contributed by atoms with van der Waals surface area (Å²) in [4.78, 5) is 2.42. The van der Waals surface area contributed by atoms with E-state index in [9.17, 15) is 0 Å². The number of thiophene rings is 2. The Kier molecular flexibility index (Phi) is 6.03. The molecule has 4 heteroatoms. The van der Waals surface area contributed by atoms with Gasteiger partial charge in [-0.1, -0.05) is 97.1 Å². The fourth-order valence-corrected chi connectivity index (χ4v) is 9.96. The fraction of sp³-hybridized carbons (Fsp3) is 0. The molecule has 0 unspecified atom stereocenters. The second kappa shape index (κ2) is 10.8. The molecule has 0 aliphatic rings. The molecule has 0 aliphatic carbocycles. The molecule has 234 valence electrons. The van der Waals surface area contributed by atoms with Crippen LogP contribution in [0.5, 0.6) is 0 Å². The van der Waals surface area contributed by atoms with E-state index in [1.807, 2.05) is 22.7 Å². The summed E-state index contributed by atoms with van der Waals surface area (Å²) in [5.74, 6) is 0. The molecule has 2 nitrogen and oxygen atoms in total. The second-order valence-electron chi connectivity index (χ2n) is 12.9. The summed E-state index contributed by atoms with van der Waals surface area (Å²) in [5.41, 5.74) is 7.50. The van der Waals surface area contributed by atoms with E-state index in [0.29, 0.717) is 0 Å². The molecule has 0 radical (unpaired) electrons. The highest BCUT2D eigenvalue weighted by Crippen LogP contribution is 2.47. The van der Waals surface area contributed by atoms with Crippen LogP contribution < -0.4 is 4.90 Å². The Morgan fingerprint density at radius 3 is 1.94 bits per heavy atom. The maximum Gasteiger partial charge on any atom is 0.143 e. The molecule has 3 heterocycles. The molecule has 0 saturated heterocycles. The first-order valence-corrected chi connectivity index (χ1v) is 18.5. The van der Waals surface area contributed by atoms with Crippen molar-refractivity contribution in [1.29, 1.82) is 0 Å². The van der Waals surface area contributed by atoms with Crippen LogP contribution >= 0.6 is 22.7 Å². The van der Waals surface area contributed by atoms with Crippen molar-refractivity contribution in [3.8, 4) is 11.1 Å². The molecule has 0 N–H and O–H groups in total. The lowest BCUT2D eigenvalue weighted by Gasteiger charge is -2.27. The number of hydrogen-bond donors (Lipinski definition) is 0. The summed E-state index contributed by atoms with van der Waals surface area (Å²) >= 11 is 3.71. The molecule has 0 bridgehead atoms. The first kappa shape index (κ1) is 28.0. The number of benzene rings is 8. The van der Waals surface area contributed by atoms with Gasteiger partial charge in [-0.3, -0.25) is 0 Å². The van der Waals surface area contributed by atoms with E-state index in [0.717, 1.165) is 44.4 Å². The van der Waals surface area contributed by atoms with Crippen LogP contribution in [0.1, 0.15) is 0 Å². The van der Waals surface area contributed by atoms with Gasteiger partial charge in [0.05, 0.1) is 11.1 Å². The van der Waals surface area contributed by atoms with E-state index < -0.39 is 0 Å². The van der Waals surface area contributed by atoms with E-state index in [1.54, 1.807) is 0 Å². The Balaban J connectivity index is 1.16. The Hall–Kier alpha value is -5.94. The predicted molar refractivity (Wildman–Crippen MR) is 217 cm³/mol. The third-order valence-corrected chi connectivity index (χ3v) is 12.3. The second-order valence-corrected chi connectivity index (χ2v) is 15.1. The smallest absolute Gasteiger partial charge is 0.143 e. The highest BCUT2D eigenvalue weighted by atomic mass is 32.1. The molecule has 0 amide bonds. The topological polar surface area (TPSA) is 16.4 Å². The van der Waals surface area contributed by atoms with E-state index in [-0.39, 0.29) is 0 Å². The molecule has 0 saturated carbocycles. The third-order valence-electron chi connectivity index (χ3n) is 10.0. The first-order valence-electron chi connectivity index (χ1n) is 16.8. The molecule has 11 rings (SSSR count). The lowest BCUT2D eigenvalue weighted by atomic mass is 10.0. The van der Waals surface area contributed by atoms with Gasteiger partial charge in [0.15, 0.2) is 0 Å². The van der Waals surface area contributed by atoms with Crippen molar-refractivity contribution in [1.82, 2.24) is 0 Å². The zero-order valence-electron chi connectivity index (χ0n) is 26.8. The number of anilines is 3. The van der Waals surface area contributed by atoms with Crippen molar-refractivity contribution in [3.05, 3.63) is 164 Å². The quantitative estimate of drug-likeness (QED) is 0.185. The Morgan fingerprint density at radius 1 is 0.400 bits per heavy atom. The normalized spacial score (nSPS) is 12.0. The SMILES string of the molecule is c1cc(-c2ccc3c(c2)sc2ccccc23)cc(N(c2ccc3sc4ccccc4c3c2)c2cccc3oc4c5ccccc5ccc4c23)c1. The van der Waals surface area contributed by atoms with Gasteiger partial charge in [0, 0.05) is 62.5 Å². The molecule has 0 atom stereocenters. The van der Waals surface area contributed by atoms with Gasteiger partial charge >= 0.3 is 0 Å². The van der Waals surface area contributed by atoms with Crippen molar-refractivity contribution in [2.45, 2.75) is 0 Å². The lowest BCUT2D eigenvalue weighted by Crippen LogP contribution is -2.10. The van der Waals surface area contributed by atoms with Gasteiger partial charge in [-0.2, -0.15) is 0 Å². The molecule has 8 aromatic carbocycles. The van der Waals surface area contributed by atoms with Crippen molar-refractivity contribution < 1.29 is 4.42 Å². The summed E-state index contributed by atoms with van der Waals surface area (Å²) in [6, 6.07) is 59.6. The summed E-state index contributed by atoms with van der Waals surface area (Å²) in [5, 5.41) is 9.73. The van der Waals surface area contributed by atoms with Crippen LogP contribution in [0, 0.1) is 0 Å². The van der Waals surface area contributed by atoms with Gasteiger partial charge in [-0.15, -0.1) is 22.7 Å². The van der Waals surface area contributed by atoms with Crippen LogP contribution in [0.2, 0.25) is 0 Å². The summed E-state index contributed by atoms with van der Waals surface area (Å²) in [6.07, 6.45) is 0. The third kappa shape index (κ3) is 4.19. The first-order chi connectivity index (χ1) is 24.8. The van der Waals surface area contributed by atoms with Crippen molar-refractivity contribution in [3.63, 3.8) is 0 Å². The van der Waals surface area contributed by atoms with Crippen LogP contribution in [0.3, 0.4) is 0 Å². The van der Waals surface area contributed by atoms with Gasteiger partial charge < -0.3 is 9.32 Å². The molecule has 0 aliphatic heterocycles. The number of fused-ring (bicyclic) bond motifs is 11. The highest BCUT2D eigenvalue weighted by Gasteiger charge is 2.21. The van der Waals surface area contributed by atoms with Crippen LogP contribution in [0.25, 0.3) is 84.2 Å². The van der Waals surface area contributed by atoms with E-state index >= 15 is 0 Å². The molecule has 11 aromatic rings. The standard InChI is InChI=1S/C46H27NOS2/c1-2-12-33-28(9-1)19-23-37-45-39(15-8-16-40(45)48-46(33)37)47(32-21-24-43-38(27-32)35-14-4-6-18-42(35)49-43)31-11-7-10-29(25-31)30-20-22-36-34-13-3-5-17-41(34)50-44(36)26-30/h1-27H. The summed E-state index contributed by atoms with van der Waals surface area (Å²) in [7, 11) is 0. The van der Waals surface area contributed by atoms with E-state index in [4.69, 9.17) is 4.42 Å². The van der Waals surface area contributed by atoms with Crippen molar-refractivity contribution >= 4 is 113 Å². The Morgan fingerprint density at radius 2 is 1.06 bits per heavy atom. The minimum atomic E-state index is 0.882. The minimum absolute atomic E-state index is 0.882. The molecular formula is C46H27NOS2. The molecule has 0 spiro atoms. The Labute approximate surface area is 295 Å². The zero-order chi connectivity index (χ0) is 32.8.